The van der Waals surface area contributed by atoms with Crippen LogP contribution < -0.4 is 0 Å². The van der Waals surface area contributed by atoms with E-state index in [2.05, 4.69) is 6.58 Å². The summed E-state index contributed by atoms with van der Waals surface area (Å²) in [4.78, 5) is 0.306. The predicted molar refractivity (Wildman–Crippen MR) is 121 cm³/mol. The van der Waals surface area contributed by atoms with Gasteiger partial charge >= 0.3 is 0 Å². The minimum atomic E-state index is -3.38. The molecule has 0 aliphatic rings. The van der Waals surface area contributed by atoms with E-state index < -0.39 is 15.9 Å². The molecular weight excluding hydrogens is 394 g/mol. The van der Waals surface area contributed by atoms with Gasteiger partial charge in [-0.1, -0.05) is 61.2 Å². The third kappa shape index (κ3) is 5.24. The third-order valence-electron chi connectivity index (χ3n) is 4.90. The van der Waals surface area contributed by atoms with E-state index in [0.717, 1.165) is 15.9 Å². The Kier molecular flexibility index (Phi) is 7.20. The van der Waals surface area contributed by atoms with E-state index >= 15 is 0 Å². The summed E-state index contributed by atoms with van der Waals surface area (Å²) in [5.41, 5.74) is 2.16. The van der Waals surface area contributed by atoms with Gasteiger partial charge in [-0.2, -0.15) is 4.74 Å². The van der Waals surface area contributed by atoms with Crippen molar-refractivity contribution in [2.24, 2.45) is 0 Å². The Balaban J connectivity index is 1.84. The summed E-state index contributed by atoms with van der Waals surface area (Å²) in [5.74, 6) is -0.0127. The van der Waals surface area contributed by atoms with Crippen molar-refractivity contribution >= 4 is 15.5 Å². The van der Waals surface area contributed by atoms with Gasteiger partial charge in [-0.15, -0.1) is 0 Å². The number of hydroxylamine groups is 1. The summed E-state index contributed by atoms with van der Waals surface area (Å²) < 4.78 is 26.0. The van der Waals surface area contributed by atoms with Crippen LogP contribution in [0.25, 0.3) is 0 Å². The zero-order chi connectivity index (χ0) is 21.4. The fraction of sp³-hybridized carbons (Fsp3) is 0.160. The Labute approximate surface area is 178 Å². The Morgan fingerprint density at radius 1 is 0.867 bits per heavy atom. The molecule has 0 bridgehead atoms. The number of hydrogen-bond acceptors (Lipinski definition) is 3. The second-order valence-electron chi connectivity index (χ2n) is 6.98. The van der Waals surface area contributed by atoms with Crippen molar-refractivity contribution in [3.63, 3.8) is 0 Å². The van der Waals surface area contributed by atoms with Crippen LogP contribution in [0.1, 0.15) is 24.0 Å². The highest BCUT2D eigenvalue weighted by molar-refractivity contribution is 7.91. The molecule has 0 N–H and O–H groups in total. The minimum Gasteiger partial charge on any atom is -0.623 e. The van der Waals surface area contributed by atoms with Crippen molar-refractivity contribution in [2.75, 3.05) is 5.75 Å². The van der Waals surface area contributed by atoms with Gasteiger partial charge < -0.3 is 5.21 Å². The van der Waals surface area contributed by atoms with Gasteiger partial charge in [-0.05, 0) is 48.9 Å². The number of rotatable bonds is 9. The molecule has 0 fully saturated rings. The van der Waals surface area contributed by atoms with Crippen LogP contribution in [0, 0.1) is 5.21 Å². The van der Waals surface area contributed by atoms with Gasteiger partial charge in [0, 0.05) is 17.5 Å². The van der Waals surface area contributed by atoms with E-state index in [9.17, 15) is 13.6 Å². The first-order valence-corrected chi connectivity index (χ1v) is 11.5. The van der Waals surface area contributed by atoms with E-state index in [1.165, 1.54) is 0 Å². The molecule has 0 saturated heterocycles. The molecule has 0 heterocycles. The zero-order valence-corrected chi connectivity index (χ0v) is 17.5. The number of sulfone groups is 1. The number of benzene rings is 3. The molecular formula is C25H25NO3S. The van der Waals surface area contributed by atoms with Crippen molar-refractivity contribution in [3.8, 4) is 0 Å². The van der Waals surface area contributed by atoms with Crippen LogP contribution in [0.2, 0.25) is 0 Å². The normalized spacial score (nSPS) is 12.1. The largest absolute Gasteiger partial charge is 0.623 e. The summed E-state index contributed by atoms with van der Waals surface area (Å²) in [6.45, 7) is 3.82. The van der Waals surface area contributed by atoms with Crippen molar-refractivity contribution in [1.29, 1.82) is 0 Å². The van der Waals surface area contributed by atoms with Gasteiger partial charge in [0.25, 0.3) is 0 Å². The van der Waals surface area contributed by atoms with Crippen LogP contribution in [-0.2, 0) is 9.84 Å². The number of nitrogens with zero attached hydrogens (tertiary/aromatic N) is 1. The van der Waals surface area contributed by atoms with Gasteiger partial charge in [0.2, 0.25) is 5.71 Å². The zero-order valence-electron chi connectivity index (χ0n) is 16.7. The van der Waals surface area contributed by atoms with E-state index in [1.54, 1.807) is 36.4 Å². The molecule has 0 radical (unpaired) electrons. The Bertz CT molecular complexity index is 1050. The van der Waals surface area contributed by atoms with Gasteiger partial charge in [0.15, 0.2) is 15.9 Å². The smallest absolute Gasteiger partial charge is 0.226 e. The van der Waals surface area contributed by atoms with Crippen LogP contribution in [0.4, 0.5) is 0 Å². The van der Waals surface area contributed by atoms with Crippen molar-refractivity contribution in [1.82, 2.24) is 0 Å². The molecule has 4 nitrogen and oxygen atoms in total. The summed E-state index contributed by atoms with van der Waals surface area (Å²) in [6, 6.07) is 26.8. The average Bonchev–Trinajstić information content (AvgIpc) is 2.79. The summed E-state index contributed by atoms with van der Waals surface area (Å²) in [6.07, 6.45) is 2.35. The van der Waals surface area contributed by atoms with Crippen molar-refractivity contribution in [3.05, 3.63) is 120 Å². The second kappa shape index (κ2) is 10.0. The Morgan fingerprint density at radius 3 is 1.80 bits per heavy atom. The lowest BCUT2D eigenvalue weighted by atomic mass is 10.0. The van der Waals surface area contributed by atoms with Crippen molar-refractivity contribution < 1.29 is 13.2 Å². The molecule has 30 heavy (non-hydrogen) atoms. The summed E-state index contributed by atoms with van der Waals surface area (Å²) in [5, 5.41) is 13.4. The Morgan fingerprint density at radius 2 is 1.33 bits per heavy atom. The molecule has 0 aliphatic heterocycles. The van der Waals surface area contributed by atoms with Gasteiger partial charge in [0.05, 0.1) is 10.6 Å². The average molecular weight is 420 g/mol. The Hall–Kier alpha value is -3.18. The first-order chi connectivity index (χ1) is 14.5. The van der Waals surface area contributed by atoms with Crippen LogP contribution in [0.3, 0.4) is 0 Å². The molecule has 154 valence electrons. The fourth-order valence-electron chi connectivity index (χ4n) is 3.34. The molecule has 0 aromatic heterocycles. The molecule has 0 aliphatic carbocycles. The molecule has 3 aromatic rings. The van der Waals surface area contributed by atoms with E-state index in [-0.39, 0.29) is 5.75 Å². The SMILES string of the molecule is C=C[C@@H](CCCS(=O)(=O)c1ccccc1)[N+]([O-])=C(c1ccccc1)c1ccccc1. The molecule has 0 saturated carbocycles. The van der Waals surface area contributed by atoms with Gasteiger partial charge in [0.1, 0.15) is 0 Å². The maximum absolute atomic E-state index is 13.4. The summed E-state index contributed by atoms with van der Waals surface area (Å²) in [7, 11) is -3.38. The lowest BCUT2D eigenvalue weighted by molar-refractivity contribution is -0.487. The molecule has 0 spiro atoms. The third-order valence-corrected chi connectivity index (χ3v) is 6.72. The minimum absolute atomic E-state index is 0.0127. The van der Waals surface area contributed by atoms with Gasteiger partial charge in [-0.25, -0.2) is 8.42 Å². The first-order valence-electron chi connectivity index (χ1n) is 9.87. The van der Waals surface area contributed by atoms with Gasteiger partial charge in [-0.3, -0.25) is 0 Å². The first kappa shape index (κ1) is 21.5. The maximum Gasteiger partial charge on any atom is 0.226 e. The highest BCUT2D eigenvalue weighted by Crippen LogP contribution is 2.16. The van der Waals surface area contributed by atoms with Crippen LogP contribution in [0.15, 0.2) is 109 Å². The number of hydrogen-bond donors (Lipinski definition) is 0. The lowest BCUT2D eigenvalue weighted by Crippen LogP contribution is -2.28. The maximum atomic E-state index is 13.4. The summed E-state index contributed by atoms with van der Waals surface area (Å²) >= 11 is 0. The monoisotopic (exact) mass is 419 g/mol. The van der Waals surface area contributed by atoms with Crippen LogP contribution in [-0.4, -0.2) is 30.7 Å². The molecule has 5 heteroatoms. The standard InChI is InChI=1S/C25H25NO3S/c1-2-23(17-12-20-30(28,29)24-18-10-5-11-19-24)26(27)25(21-13-6-3-7-14-21)22-15-8-4-9-16-22/h2-11,13-16,18-19,23H,1,12,17,20H2/t23-/m0/s1. The van der Waals surface area contributed by atoms with E-state index in [0.29, 0.717) is 23.4 Å². The topological polar surface area (TPSA) is 60.2 Å². The van der Waals surface area contributed by atoms with E-state index in [1.807, 2.05) is 60.7 Å². The lowest BCUT2D eigenvalue weighted by Gasteiger charge is -2.18. The van der Waals surface area contributed by atoms with E-state index in [4.69, 9.17) is 0 Å². The highest BCUT2D eigenvalue weighted by Gasteiger charge is 2.22. The van der Waals surface area contributed by atoms with Crippen molar-refractivity contribution in [2.45, 2.75) is 23.8 Å². The second-order valence-corrected chi connectivity index (χ2v) is 9.09. The highest BCUT2D eigenvalue weighted by atomic mass is 32.2. The quantitative estimate of drug-likeness (QED) is 0.164. The fourth-order valence-corrected chi connectivity index (χ4v) is 4.69. The van der Waals surface area contributed by atoms with Crippen LogP contribution >= 0.6 is 0 Å². The predicted octanol–water partition coefficient (Wildman–Crippen LogP) is 4.84. The molecule has 0 unspecified atom stereocenters. The molecule has 1 atom stereocenters. The van der Waals surface area contributed by atoms with Crippen LogP contribution in [0.5, 0.6) is 0 Å². The molecule has 3 rings (SSSR count). The molecule has 3 aromatic carbocycles. The molecule has 0 amide bonds.